The number of carbonyl (C=O) groups is 1. The molecule has 28 heavy (non-hydrogen) atoms. The Morgan fingerprint density at radius 3 is 2.82 bits per heavy atom. The number of nitrogens with one attached hydrogen (secondary N) is 2. The number of aliphatic imine (C=N–C) groups is 1. The van der Waals surface area contributed by atoms with Crippen LogP contribution in [0.3, 0.4) is 0 Å². The first kappa shape index (κ1) is 18.7. The van der Waals surface area contributed by atoms with E-state index < -0.39 is 10.0 Å². The Hall–Kier alpha value is -2.67. The summed E-state index contributed by atoms with van der Waals surface area (Å²) in [6.45, 7) is 0.390. The third kappa shape index (κ3) is 3.80. The summed E-state index contributed by atoms with van der Waals surface area (Å²) in [5.41, 5.74) is 3.13. The molecule has 2 aromatic carbocycles. The van der Waals surface area contributed by atoms with E-state index in [-0.39, 0.29) is 16.8 Å². The Morgan fingerprint density at radius 1 is 1.14 bits per heavy atom. The van der Waals surface area contributed by atoms with Crippen LogP contribution in [0, 0.1) is 0 Å². The molecule has 7 heteroatoms. The highest BCUT2D eigenvalue weighted by molar-refractivity contribution is 7.90. The number of sulfonamides is 1. The third-order valence-corrected chi connectivity index (χ3v) is 6.60. The van der Waals surface area contributed by atoms with Crippen molar-refractivity contribution in [1.29, 1.82) is 0 Å². The van der Waals surface area contributed by atoms with Gasteiger partial charge in [-0.1, -0.05) is 36.4 Å². The molecular formula is C21H23N3O3S. The van der Waals surface area contributed by atoms with E-state index in [4.69, 9.17) is 0 Å². The minimum Gasteiger partial charge on any atom is -0.349 e. The highest BCUT2D eigenvalue weighted by Gasteiger charge is 2.29. The van der Waals surface area contributed by atoms with Crippen molar-refractivity contribution < 1.29 is 13.2 Å². The zero-order valence-corrected chi connectivity index (χ0v) is 16.3. The van der Waals surface area contributed by atoms with Crippen LogP contribution in [0.25, 0.3) is 0 Å². The largest absolute Gasteiger partial charge is 0.349 e. The maximum atomic E-state index is 12.3. The maximum absolute atomic E-state index is 12.3. The summed E-state index contributed by atoms with van der Waals surface area (Å²) in [7, 11) is -3.52. The summed E-state index contributed by atoms with van der Waals surface area (Å²) < 4.78 is 26.6. The molecule has 146 valence electrons. The van der Waals surface area contributed by atoms with E-state index in [1.54, 1.807) is 24.3 Å². The summed E-state index contributed by atoms with van der Waals surface area (Å²) in [4.78, 5) is 17.0. The standard InChI is InChI=1S/C21H23N3O3S/c25-20(23-18-11-5-8-15-7-1-2-9-16(15)18)13-6-14-22-21-17-10-3-4-12-19(17)28(26,27)24-21/h1-4,7,9-10,12,18H,5-6,8,11,13-14H2,(H,22,24)(H,23,25)/t18-/m0/s1. The number of benzene rings is 2. The molecule has 1 aliphatic heterocycles. The van der Waals surface area contributed by atoms with Gasteiger partial charge in [0.25, 0.3) is 10.0 Å². The second-order valence-electron chi connectivity index (χ2n) is 7.15. The normalized spacial score (nSPS) is 20.9. The highest BCUT2D eigenvalue weighted by atomic mass is 32.2. The van der Waals surface area contributed by atoms with Gasteiger partial charge in [-0.05, 0) is 48.9 Å². The Labute approximate surface area is 165 Å². The summed E-state index contributed by atoms with van der Waals surface area (Å²) in [5.74, 6) is 0.367. The number of hydrogen-bond acceptors (Lipinski definition) is 4. The number of nitrogens with zero attached hydrogens (tertiary/aromatic N) is 1. The van der Waals surface area contributed by atoms with Crippen LogP contribution >= 0.6 is 0 Å². The van der Waals surface area contributed by atoms with E-state index in [2.05, 4.69) is 27.2 Å². The van der Waals surface area contributed by atoms with Gasteiger partial charge in [-0.15, -0.1) is 0 Å². The molecule has 0 saturated carbocycles. The summed E-state index contributed by atoms with van der Waals surface area (Å²) in [6, 6.07) is 15.1. The molecule has 0 bridgehead atoms. The number of rotatable bonds is 5. The smallest absolute Gasteiger partial charge is 0.263 e. The van der Waals surface area contributed by atoms with Crippen molar-refractivity contribution in [2.24, 2.45) is 4.99 Å². The van der Waals surface area contributed by atoms with Crippen molar-refractivity contribution in [1.82, 2.24) is 10.0 Å². The number of hydrogen-bond donors (Lipinski definition) is 2. The molecule has 0 fully saturated rings. The molecule has 1 heterocycles. The fourth-order valence-electron chi connectivity index (χ4n) is 3.85. The number of amides is 1. The van der Waals surface area contributed by atoms with Gasteiger partial charge < -0.3 is 5.32 Å². The monoisotopic (exact) mass is 397 g/mol. The molecule has 0 unspecified atom stereocenters. The fourth-order valence-corrected chi connectivity index (χ4v) is 5.10. The van der Waals surface area contributed by atoms with E-state index in [0.29, 0.717) is 30.8 Å². The van der Waals surface area contributed by atoms with Crippen molar-refractivity contribution in [3.63, 3.8) is 0 Å². The lowest BCUT2D eigenvalue weighted by atomic mass is 9.87. The van der Waals surface area contributed by atoms with Gasteiger partial charge >= 0.3 is 0 Å². The van der Waals surface area contributed by atoms with Crippen molar-refractivity contribution >= 4 is 21.8 Å². The first-order valence-corrected chi connectivity index (χ1v) is 11.1. The quantitative estimate of drug-likeness (QED) is 0.761. The molecule has 0 saturated heterocycles. The van der Waals surface area contributed by atoms with Crippen LogP contribution in [0.1, 0.15) is 48.4 Å². The van der Waals surface area contributed by atoms with Gasteiger partial charge in [0.15, 0.2) is 0 Å². The molecular weight excluding hydrogens is 374 g/mol. The average molecular weight is 398 g/mol. The molecule has 1 atom stereocenters. The molecule has 4 rings (SSSR count). The SMILES string of the molecule is O=C(CCCN=C1NS(=O)(=O)c2ccccc21)N[C@H]1CCCc2ccccc21. The minimum atomic E-state index is -3.52. The Morgan fingerprint density at radius 2 is 1.93 bits per heavy atom. The molecule has 0 aromatic heterocycles. The predicted molar refractivity (Wildman–Crippen MR) is 108 cm³/mol. The second-order valence-corrected chi connectivity index (χ2v) is 8.80. The minimum absolute atomic E-state index is 0.00862. The molecule has 2 aromatic rings. The Balaban J connectivity index is 1.32. The van der Waals surface area contributed by atoms with Crippen molar-refractivity contribution in [2.45, 2.75) is 43.0 Å². The molecule has 0 spiro atoms. The van der Waals surface area contributed by atoms with Gasteiger partial charge in [0, 0.05) is 18.5 Å². The highest BCUT2D eigenvalue weighted by Crippen LogP contribution is 2.29. The van der Waals surface area contributed by atoms with E-state index in [0.717, 1.165) is 19.3 Å². The summed E-state index contributed by atoms with van der Waals surface area (Å²) in [5, 5.41) is 3.13. The fraction of sp³-hybridized carbons (Fsp3) is 0.333. The van der Waals surface area contributed by atoms with E-state index in [1.165, 1.54) is 11.1 Å². The molecule has 1 aliphatic carbocycles. The van der Waals surface area contributed by atoms with Gasteiger partial charge in [-0.3, -0.25) is 14.5 Å². The van der Waals surface area contributed by atoms with Gasteiger partial charge in [-0.2, -0.15) is 0 Å². The lowest BCUT2D eigenvalue weighted by Crippen LogP contribution is -2.30. The maximum Gasteiger partial charge on any atom is 0.263 e. The van der Waals surface area contributed by atoms with E-state index in [1.807, 2.05) is 12.1 Å². The zero-order valence-electron chi connectivity index (χ0n) is 15.5. The molecule has 2 N–H and O–H groups in total. The summed E-state index contributed by atoms with van der Waals surface area (Å²) >= 11 is 0. The number of aryl methyl sites for hydroxylation is 1. The van der Waals surface area contributed by atoms with Crippen molar-refractivity contribution in [3.8, 4) is 0 Å². The average Bonchev–Trinajstić information content (AvgIpc) is 2.96. The van der Waals surface area contributed by atoms with Crippen molar-refractivity contribution in [3.05, 3.63) is 65.2 Å². The van der Waals surface area contributed by atoms with Gasteiger partial charge in [0.1, 0.15) is 5.84 Å². The number of fused-ring (bicyclic) bond motifs is 2. The first-order chi connectivity index (χ1) is 13.5. The van der Waals surface area contributed by atoms with Crippen LogP contribution < -0.4 is 10.0 Å². The van der Waals surface area contributed by atoms with Crippen LogP contribution in [-0.2, 0) is 21.2 Å². The van der Waals surface area contributed by atoms with Gasteiger partial charge in [-0.25, -0.2) is 8.42 Å². The molecule has 0 radical (unpaired) electrons. The van der Waals surface area contributed by atoms with Crippen LogP contribution in [0.15, 0.2) is 58.4 Å². The van der Waals surface area contributed by atoms with Gasteiger partial charge in [0.05, 0.1) is 10.9 Å². The lowest BCUT2D eigenvalue weighted by Gasteiger charge is -2.26. The second kappa shape index (κ2) is 7.75. The zero-order chi connectivity index (χ0) is 19.6. The molecule has 2 aliphatic rings. The van der Waals surface area contributed by atoms with E-state index in [9.17, 15) is 13.2 Å². The van der Waals surface area contributed by atoms with Crippen LogP contribution in [0.2, 0.25) is 0 Å². The van der Waals surface area contributed by atoms with Crippen LogP contribution in [0.5, 0.6) is 0 Å². The molecule has 1 amide bonds. The van der Waals surface area contributed by atoms with E-state index >= 15 is 0 Å². The van der Waals surface area contributed by atoms with Gasteiger partial charge in [0.2, 0.25) is 5.91 Å². The topological polar surface area (TPSA) is 87.6 Å². The van der Waals surface area contributed by atoms with Crippen LogP contribution in [-0.4, -0.2) is 26.7 Å². The Kier molecular flexibility index (Phi) is 5.17. The number of carbonyl (C=O) groups excluding carboxylic acids is 1. The third-order valence-electron chi connectivity index (χ3n) is 5.20. The van der Waals surface area contributed by atoms with Crippen LogP contribution in [0.4, 0.5) is 0 Å². The summed E-state index contributed by atoms with van der Waals surface area (Å²) in [6.07, 6.45) is 4.04. The van der Waals surface area contributed by atoms with Crippen molar-refractivity contribution in [2.75, 3.05) is 6.54 Å². The number of amidine groups is 1. The predicted octanol–water partition coefficient (Wildman–Crippen LogP) is 2.70. The Bertz CT molecular complexity index is 1030. The molecule has 6 nitrogen and oxygen atoms in total. The lowest BCUT2D eigenvalue weighted by molar-refractivity contribution is -0.122. The first-order valence-electron chi connectivity index (χ1n) is 9.58.